The van der Waals surface area contributed by atoms with Gasteiger partial charge in [0.25, 0.3) is 0 Å². The van der Waals surface area contributed by atoms with E-state index in [0.717, 1.165) is 52.5 Å². The predicted molar refractivity (Wildman–Crippen MR) is 144 cm³/mol. The van der Waals surface area contributed by atoms with Gasteiger partial charge in [0.05, 0.1) is 0 Å². The number of hydrogen-bond acceptors (Lipinski definition) is 5. The zero-order chi connectivity index (χ0) is 24.7. The van der Waals surface area contributed by atoms with Crippen LogP contribution < -0.4 is 19.5 Å². The molecule has 2 aliphatic rings. The minimum absolute atomic E-state index is 0.254. The number of fused-ring (bicyclic) bond motifs is 1. The van der Waals surface area contributed by atoms with Crippen LogP contribution in [0.3, 0.4) is 0 Å². The van der Waals surface area contributed by atoms with E-state index in [-0.39, 0.29) is 12.5 Å². The highest BCUT2D eigenvalue weighted by atomic mass is 16.7. The number of rotatable bonds is 9. The smallest absolute Gasteiger partial charge is 0.231 e. The SMILES string of the molecule is CC/C(=C(/c1ccc(O)cc1)c1ccc(OCCNC2CCCCC2)cc1)c1ccc2c(c1)OCO2. The van der Waals surface area contributed by atoms with Crippen LogP contribution in [-0.2, 0) is 0 Å². The summed E-state index contributed by atoms with van der Waals surface area (Å²) in [5.74, 6) is 2.68. The van der Waals surface area contributed by atoms with Crippen LogP contribution in [0.15, 0.2) is 66.7 Å². The van der Waals surface area contributed by atoms with Crippen molar-refractivity contribution in [1.82, 2.24) is 5.32 Å². The third-order valence-corrected chi connectivity index (χ3v) is 7.08. The van der Waals surface area contributed by atoms with Crippen molar-refractivity contribution in [3.05, 3.63) is 83.4 Å². The molecule has 1 aliphatic carbocycles. The molecule has 5 rings (SSSR count). The Morgan fingerprint density at radius 1 is 0.861 bits per heavy atom. The maximum absolute atomic E-state index is 9.88. The minimum Gasteiger partial charge on any atom is -0.508 e. The summed E-state index contributed by atoms with van der Waals surface area (Å²) >= 11 is 0. The highest BCUT2D eigenvalue weighted by Crippen LogP contribution is 2.40. The Labute approximate surface area is 213 Å². The maximum Gasteiger partial charge on any atom is 0.231 e. The molecule has 188 valence electrons. The predicted octanol–water partition coefficient (Wildman–Crippen LogP) is 6.79. The Morgan fingerprint density at radius 2 is 1.53 bits per heavy atom. The molecule has 1 aliphatic heterocycles. The average molecular weight is 486 g/mol. The molecule has 0 unspecified atom stereocenters. The summed E-state index contributed by atoms with van der Waals surface area (Å²) in [5.41, 5.74) is 5.57. The molecule has 2 N–H and O–H groups in total. The highest BCUT2D eigenvalue weighted by Gasteiger charge is 2.18. The largest absolute Gasteiger partial charge is 0.508 e. The first kappa shape index (κ1) is 24.3. The summed E-state index contributed by atoms with van der Waals surface area (Å²) in [6.45, 7) is 3.95. The van der Waals surface area contributed by atoms with Crippen LogP contribution in [0.1, 0.15) is 62.1 Å². The number of hydrogen-bond donors (Lipinski definition) is 2. The van der Waals surface area contributed by atoms with Crippen LogP contribution in [0.2, 0.25) is 0 Å². The van der Waals surface area contributed by atoms with Crippen molar-refractivity contribution >= 4 is 11.1 Å². The Balaban J connectivity index is 1.38. The summed E-state index contributed by atoms with van der Waals surface area (Å²) in [5, 5.41) is 13.5. The van der Waals surface area contributed by atoms with E-state index >= 15 is 0 Å². The standard InChI is InChI=1S/C31H35NO4/c1-2-28(24-12-17-29-30(20-24)36-21-35-29)31(22-8-13-26(33)14-9-22)23-10-15-27(16-11-23)34-19-18-32-25-6-4-3-5-7-25/h8-17,20,25,32-33H,2-7,18-19,21H2,1H3/b31-28+. The number of aromatic hydroxyl groups is 1. The number of nitrogens with one attached hydrogen (secondary N) is 1. The fourth-order valence-electron chi connectivity index (χ4n) is 5.21. The van der Waals surface area contributed by atoms with Crippen LogP contribution in [0.4, 0.5) is 0 Å². The second-order valence-corrected chi connectivity index (χ2v) is 9.48. The Bertz CT molecular complexity index is 1180. The third kappa shape index (κ3) is 5.68. The number of phenols is 1. The van der Waals surface area contributed by atoms with Crippen molar-refractivity contribution in [2.24, 2.45) is 0 Å². The summed E-state index contributed by atoms with van der Waals surface area (Å²) in [4.78, 5) is 0. The van der Waals surface area contributed by atoms with Gasteiger partial charge in [-0.05, 0) is 83.5 Å². The molecule has 0 bridgehead atoms. The van der Waals surface area contributed by atoms with Crippen molar-refractivity contribution < 1.29 is 19.3 Å². The fourth-order valence-corrected chi connectivity index (χ4v) is 5.21. The average Bonchev–Trinajstić information content (AvgIpc) is 3.40. The van der Waals surface area contributed by atoms with Crippen molar-refractivity contribution in [1.29, 1.82) is 0 Å². The Kier molecular flexibility index (Phi) is 7.77. The molecule has 3 aromatic rings. The van der Waals surface area contributed by atoms with Gasteiger partial charge >= 0.3 is 0 Å². The van der Waals surface area contributed by atoms with Gasteiger partial charge in [-0.1, -0.05) is 56.5 Å². The van der Waals surface area contributed by atoms with Gasteiger partial charge in [0.2, 0.25) is 6.79 Å². The lowest BCUT2D eigenvalue weighted by Crippen LogP contribution is -2.34. The lowest BCUT2D eigenvalue weighted by molar-refractivity contribution is 0.174. The molecule has 0 radical (unpaired) electrons. The van der Waals surface area contributed by atoms with Crippen LogP contribution >= 0.6 is 0 Å². The summed E-state index contributed by atoms with van der Waals surface area (Å²) in [6, 6.07) is 22.5. The Hall–Kier alpha value is -3.44. The van der Waals surface area contributed by atoms with E-state index in [2.05, 4.69) is 36.5 Å². The second-order valence-electron chi connectivity index (χ2n) is 9.48. The number of phenolic OH excluding ortho intramolecular Hbond substituents is 1. The maximum atomic E-state index is 9.88. The van der Waals surface area contributed by atoms with Gasteiger partial charge < -0.3 is 24.6 Å². The van der Waals surface area contributed by atoms with Crippen LogP contribution in [0, 0.1) is 0 Å². The molecule has 0 spiro atoms. The fraction of sp³-hybridized carbons (Fsp3) is 0.355. The molecule has 0 saturated heterocycles. The van der Waals surface area contributed by atoms with Gasteiger partial charge in [-0.3, -0.25) is 0 Å². The van der Waals surface area contributed by atoms with E-state index in [1.165, 1.54) is 37.7 Å². The number of allylic oxidation sites excluding steroid dienone is 1. The van der Waals surface area contributed by atoms with Gasteiger partial charge in [-0.15, -0.1) is 0 Å². The summed E-state index contributed by atoms with van der Waals surface area (Å²) in [6.07, 6.45) is 7.44. The monoisotopic (exact) mass is 485 g/mol. The van der Waals surface area contributed by atoms with Crippen LogP contribution in [-0.4, -0.2) is 31.1 Å². The molecule has 1 heterocycles. The molecular weight excluding hydrogens is 450 g/mol. The number of ether oxygens (including phenoxy) is 3. The van der Waals surface area contributed by atoms with E-state index in [4.69, 9.17) is 14.2 Å². The van der Waals surface area contributed by atoms with E-state index in [1.54, 1.807) is 12.1 Å². The van der Waals surface area contributed by atoms with Gasteiger partial charge in [0, 0.05) is 12.6 Å². The van der Waals surface area contributed by atoms with E-state index in [0.29, 0.717) is 12.6 Å². The first-order valence-corrected chi connectivity index (χ1v) is 13.1. The lowest BCUT2D eigenvalue weighted by Gasteiger charge is -2.22. The third-order valence-electron chi connectivity index (χ3n) is 7.08. The van der Waals surface area contributed by atoms with Crippen molar-refractivity contribution in [3.8, 4) is 23.0 Å². The topological polar surface area (TPSA) is 60.0 Å². The molecule has 5 heteroatoms. The molecule has 0 aromatic heterocycles. The second kappa shape index (κ2) is 11.5. The van der Waals surface area contributed by atoms with Gasteiger partial charge in [-0.25, -0.2) is 0 Å². The van der Waals surface area contributed by atoms with Gasteiger partial charge in [-0.2, -0.15) is 0 Å². The summed E-state index contributed by atoms with van der Waals surface area (Å²) in [7, 11) is 0. The lowest BCUT2D eigenvalue weighted by atomic mass is 9.88. The quantitative estimate of drug-likeness (QED) is 0.258. The van der Waals surface area contributed by atoms with E-state index in [9.17, 15) is 5.11 Å². The first-order chi connectivity index (χ1) is 17.7. The van der Waals surface area contributed by atoms with E-state index < -0.39 is 0 Å². The van der Waals surface area contributed by atoms with Crippen molar-refractivity contribution in [2.75, 3.05) is 19.9 Å². The van der Waals surface area contributed by atoms with Crippen molar-refractivity contribution in [3.63, 3.8) is 0 Å². The van der Waals surface area contributed by atoms with Gasteiger partial charge in [0.1, 0.15) is 18.1 Å². The minimum atomic E-state index is 0.254. The molecular formula is C31H35NO4. The molecule has 3 aromatic carbocycles. The summed E-state index contributed by atoms with van der Waals surface area (Å²) < 4.78 is 17.2. The molecule has 1 fully saturated rings. The molecule has 0 amide bonds. The van der Waals surface area contributed by atoms with Crippen LogP contribution in [0.25, 0.3) is 11.1 Å². The molecule has 0 atom stereocenters. The zero-order valence-corrected chi connectivity index (χ0v) is 21.0. The van der Waals surface area contributed by atoms with Crippen molar-refractivity contribution in [2.45, 2.75) is 51.5 Å². The molecule has 1 saturated carbocycles. The van der Waals surface area contributed by atoms with Crippen LogP contribution in [0.5, 0.6) is 23.0 Å². The molecule has 5 nitrogen and oxygen atoms in total. The van der Waals surface area contributed by atoms with Gasteiger partial charge in [0.15, 0.2) is 11.5 Å². The number of benzene rings is 3. The van der Waals surface area contributed by atoms with E-state index in [1.807, 2.05) is 30.3 Å². The normalized spacial score (nSPS) is 16.0. The first-order valence-electron chi connectivity index (χ1n) is 13.1. The Morgan fingerprint density at radius 3 is 2.25 bits per heavy atom. The molecule has 36 heavy (non-hydrogen) atoms. The zero-order valence-electron chi connectivity index (χ0n) is 21.0. The highest BCUT2D eigenvalue weighted by molar-refractivity contribution is 5.99.